The van der Waals surface area contributed by atoms with Crippen LogP contribution < -0.4 is 60.2 Å². The fourth-order valence-electron chi connectivity index (χ4n) is 8.71. The molecule has 2 aliphatic heterocycles. The zero-order chi connectivity index (χ0) is 55.8. The van der Waals surface area contributed by atoms with Gasteiger partial charge in [-0.05, 0) is 49.3 Å². The molecular weight excluding hydrogens is 981 g/mol. The minimum absolute atomic E-state index is 0.00262. The molecule has 3 rings (SSSR count). The van der Waals surface area contributed by atoms with Crippen LogP contribution in [-0.4, -0.2) is 147 Å². The maximum absolute atomic E-state index is 14.3. The molecule has 2 heterocycles. The number of phenolic OH excluding ortho intramolecular Hbond substituents is 1. The summed E-state index contributed by atoms with van der Waals surface area (Å²) in [5.74, 6) is -12.0. The second-order valence-corrected chi connectivity index (χ2v) is 19.3. The summed E-state index contributed by atoms with van der Waals surface area (Å²) in [5, 5.41) is 37.3. The van der Waals surface area contributed by atoms with Crippen LogP contribution in [0.3, 0.4) is 0 Å². The maximum Gasteiger partial charge on any atom is 0.245 e. The number of nitrogens with zero attached hydrogens (tertiary/aromatic N) is 1. The van der Waals surface area contributed by atoms with Gasteiger partial charge in [0.1, 0.15) is 48.0 Å². The van der Waals surface area contributed by atoms with Crippen molar-refractivity contribution in [1.29, 1.82) is 0 Å². The molecule has 1 aromatic rings. The van der Waals surface area contributed by atoms with Gasteiger partial charge in [-0.25, -0.2) is 0 Å². The summed E-state index contributed by atoms with van der Waals surface area (Å²) >= 11 is 0. The second-order valence-electron chi connectivity index (χ2n) is 19.3. The Kier molecular flexibility index (Phi) is 25.9. The van der Waals surface area contributed by atoms with E-state index in [1.807, 2.05) is 0 Å². The predicted octanol–water partition coefficient (Wildman–Crippen LogP) is -3.23. The number of benzene rings is 1. The zero-order valence-corrected chi connectivity index (χ0v) is 42.7. The van der Waals surface area contributed by atoms with Gasteiger partial charge in [0.25, 0.3) is 0 Å². The third-order valence-corrected chi connectivity index (χ3v) is 13.1. The number of nitrogens with one attached hydrogen (secondary N) is 7. The average molecular weight is 1060 g/mol. The van der Waals surface area contributed by atoms with Crippen molar-refractivity contribution < 1.29 is 67.7 Å². The summed E-state index contributed by atoms with van der Waals surface area (Å²) in [6, 6.07) is -7.36. The summed E-state index contributed by atoms with van der Waals surface area (Å²) in [4.78, 5) is 162. The number of aromatic hydroxyl groups is 1. The number of fused-ring (bicyclic) bond motifs is 1. The number of nitrogens with two attached hydrogens (primary N) is 4. The molecule has 2 fully saturated rings. The number of carbonyl (C=O) groups is 12. The van der Waals surface area contributed by atoms with Gasteiger partial charge in [0.2, 0.25) is 70.9 Å². The number of hydrogen-bond acceptors (Lipinski definition) is 14. The maximum atomic E-state index is 14.3. The van der Waals surface area contributed by atoms with E-state index in [4.69, 9.17) is 22.9 Å². The standard InChI is InChI=1S/C49H76N12O14/c1-3-27(2)11-8-6-4-5-7-9-12-29-22-42(68)55-33(23-39(51)65)44(70)57-32(21-28-14-16-30(63)17-15-28)43(69)58-34(24-40(52)66)45(71)56-31(18-19-38(50)64)49(75)61-20-10-13-37(61)48(74)59-35(25-41(53)67)46(72)60-36(26-62)47(73)54-29/h14-17,27,29,31-37,62-63H,3-13,18-26H2,1-2H3,(H2,50,64)(H2,51,65)(H2,52,66)(H2,53,67)(H,54,73)(H,55,68)(H,56,71)(H,57,70)(H,58,69)(H,59,74)(H,60,72)/t27-,29+,31-,32+,33-,34+,35+,36-,37-/m0/s1. The van der Waals surface area contributed by atoms with Crippen molar-refractivity contribution in [2.24, 2.45) is 28.9 Å². The molecular formula is C49H76N12O14. The van der Waals surface area contributed by atoms with Gasteiger partial charge in [0, 0.05) is 31.8 Å². The van der Waals surface area contributed by atoms with E-state index in [9.17, 15) is 67.7 Å². The summed E-state index contributed by atoms with van der Waals surface area (Å²) < 4.78 is 0. The predicted molar refractivity (Wildman–Crippen MR) is 268 cm³/mol. The van der Waals surface area contributed by atoms with Crippen molar-refractivity contribution in [1.82, 2.24) is 42.1 Å². The fraction of sp³-hybridized carbons (Fsp3) is 0.633. The Balaban J connectivity index is 2.12. The highest BCUT2D eigenvalue weighted by Gasteiger charge is 2.41. The number of amides is 12. The molecule has 416 valence electrons. The van der Waals surface area contributed by atoms with Crippen LogP contribution in [0.15, 0.2) is 24.3 Å². The highest BCUT2D eigenvalue weighted by atomic mass is 16.3. The van der Waals surface area contributed by atoms with Gasteiger partial charge in [0.05, 0.1) is 25.9 Å². The molecule has 1 aromatic carbocycles. The van der Waals surface area contributed by atoms with Crippen LogP contribution in [0.25, 0.3) is 0 Å². The van der Waals surface area contributed by atoms with Crippen molar-refractivity contribution in [2.45, 2.75) is 178 Å². The number of phenols is 1. The molecule has 12 amide bonds. The lowest BCUT2D eigenvalue weighted by Gasteiger charge is -2.31. The quantitative estimate of drug-likeness (QED) is 0.0509. The van der Waals surface area contributed by atoms with Gasteiger partial charge in [-0.2, -0.15) is 0 Å². The SMILES string of the molecule is CC[C@H](C)CCCCCCCC[C@@H]1CC(=O)N[C@@H](CC(N)=O)C(=O)N[C@H](Cc2ccc(O)cc2)C(=O)N[C@H](CC(N)=O)C(=O)N[C@@H](CCC(N)=O)C(=O)N2CCC[C@H]2C(=O)N[C@H](CC(N)=O)C(=O)N[C@@H](CO)C(=O)N1. The smallest absolute Gasteiger partial charge is 0.245 e. The number of aliphatic hydroxyl groups excluding tert-OH is 1. The zero-order valence-electron chi connectivity index (χ0n) is 42.7. The van der Waals surface area contributed by atoms with Crippen LogP contribution in [-0.2, 0) is 64.0 Å². The first-order valence-electron chi connectivity index (χ1n) is 25.5. The van der Waals surface area contributed by atoms with Crippen LogP contribution in [0.4, 0.5) is 0 Å². The molecule has 26 nitrogen and oxygen atoms in total. The molecule has 2 aliphatic rings. The molecule has 17 N–H and O–H groups in total. The first-order chi connectivity index (χ1) is 35.5. The van der Waals surface area contributed by atoms with Crippen LogP contribution >= 0.6 is 0 Å². The molecule has 2 saturated heterocycles. The minimum atomic E-state index is -1.86. The van der Waals surface area contributed by atoms with Crippen LogP contribution in [0.5, 0.6) is 5.75 Å². The Labute approximate surface area is 435 Å². The van der Waals surface area contributed by atoms with E-state index < -0.39 is 164 Å². The van der Waals surface area contributed by atoms with E-state index >= 15 is 0 Å². The third-order valence-electron chi connectivity index (χ3n) is 13.1. The summed E-state index contributed by atoms with van der Waals surface area (Å²) in [6.07, 6.45) is 3.35. The molecule has 0 spiro atoms. The number of hydrogen-bond donors (Lipinski definition) is 13. The Morgan fingerprint density at radius 2 is 1.08 bits per heavy atom. The number of rotatable bonds is 22. The number of carbonyl (C=O) groups excluding carboxylic acids is 12. The van der Waals surface area contributed by atoms with Crippen molar-refractivity contribution in [2.75, 3.05) is 13.2 Å². The van der Waals surface area contributed by atoms with Crippen molar-refractivity contribution >= 4 is 70.9 Å². The fourth-order valence-corrected chi connectivity index (χ4v) is 8.71. The minimum Gasteiger partial charge on any atom is -0.508 e. The monoisotopic (exact) mass is 1060 g/mol. The summed E-state index contributed by atoms with van der Waals surface area (Å²) in [6.45, 7) is 3.24. The van der Waals surface area contributed by atoms with Gasteiger partial charge in [-0.1, -0.05) is 77.3 Å². The molecule has 0 aliphatic carbocycles. The molecule has 26 heteroatoms. The lowest BCUT2D eigenvalue weighted by Crippen LogP contribution is -2.60. The molecule has 0 aromatic heterocycles. The highest BCUT2D eigenvalue weighted by Crippen LogP contribution is 2.21. The lowest BCUT2D eigenvalue weighted by atomic mass is 9.99. The second kappa shape index (κ2) is 31.4. The topological polar surface area (TPSA) is 437 Å². The molecule has 0 bridgehead atoms. The number of aliphatic hydroxyl groups is 1. The van der Waals surface area contributed by atoms with E-state index in [-0.39, 0.29) is 38.0 Å². The van der Waals surface area contributed by atoms with E-state index in [1.54, 1.807) is 0 Å². The third kappa shape index (κ3) is 21.9. The van der Waals surface area contributed by atoms with Gasteiger partial charge in [-0.15, -0.1) is 0 Å². The van der Waals surface area contributed by atoms with Crippen LogP contribution in [0, 0.1) is 5.92 Å². The van der Waals surface area contributed by atoms with Gasteiger partial charge < -0.3 is 75.3 Å². The van der Waals surface area contributed by atoms with Gasteiger partial charge >= 0.3 is 0 Å². The van der Waals surface area contributed by atoms with E-state index in [1.165, 1.54) is 24.3 Å². The summed E-state index contributed by atoms with van der Waals surface area (Å²) in [5.41, 5.74) is 22.2. The average Bonchev–Trinajstić information content (AvgIpc) is 3.84. The van der Waals surface area contributed by atoms with Crippen LogP contribution in [0.1, 0.15) is 129 Å². The molecule has 0 radical (unpaired) electrons. The highest BCUT2D eigenvalue weighted by molar-refractivity contribution is 6.00. The van der Waals surface area contributed by atoms with Crippen molar-refractivity contribution in [3.05, 3.63) is 29.8 Å². The Hall–Kier alpha value is -7.38. The number of primary amides is 4. The van der Waals surface area contributed by atoms with Crippen molar-refractivity contribution in [3.63, 3.8) is 0 Å². The summed E-state index contributed by atoms with van der Waals surface area (Å²) in [7, 11) is 0. The molecule has 75 heavy (non-hydrogen) atoms. The van der Waals surface area contributed by atoms with Gasteiger partial charge in [0.15, 0.2) is 0 Å². The normalized spacial score (nSPS) is 24.3. The van der Waals surface area contributed by atoms with E-state index in [0.29, 0.717) is 24.3 Å². The van der Waals surface area contributed by atoms with Gasteiger partial charge in [-0.3, -0.25) is 57.5 Å². The van der Waals surface area contributed by atoms with Crippen LogP contribution in [0.2, 0.25) is 0 Å². The Bertz CT molecular complexity index is 2200. The molecule has 0 unspecified atom stereocenters. The lowest BCUT2D eigenvalue weighted by molar-refractivity contribution is -0.143. The van der Waals surface area contributed by atoms with Crippen molar-refractivity contribution in [3.8, 4) is 5.75 Å². The first kappa shape index (κ1) is 61.9. The van der Waals surface area contributed by atoms with E-state index in [2.05, 4.69) is 51.1 Å². The molecule has 0 saturated carbocycles. The number of unbranched alkanes of at least 4 members (excludes halogenated alkanes) is 5. The first-order valence-corrected chi connectivity index (χ1v) is 25.5. The molecule has 9 atom stereocenters. The van der Waals surface area contributed by atoms with E-state index in [0.717, 1.165) is 43.4 Å². The Morgan fingerprint density at radius 1 is 0.600 bits per heavy atom. The largest absolute Gasteiger partial charge is 0.508 e. The Morgan fingerprint density at radius 3 is 1.63 bits per heavy atom.